The zero-order chi connectivity index (χ0) is 17.5. The SMILES string of the molecule is COC1CCC2(CC1)Oc1ccc(Br)cc1C2=NC(=O)S(C)(C)C. The lowest BCUT2D eigenvalue weighted by atomic mass is 9.79. The van der Waals surface area contributed by atoms with E-state index in [1.807, 2.05) is 37.0 Å². The standard InChI is InChI=1S/C18H24BrNO3S/c1-22-13-7-9-18(10-8-13)16(20-17(21)24(2,3)4)14-11-12(19)5-6-15(14)23-18/h5-6,11,13H,7-10H2,1-4H3. The first-order chi connectivity index (χ1) is 11.2. The topological polar surface area (TPSA) is 47.9 Å². The zero-order valence-electron chi connectivity index (χ0n) is 14.6. The average Bonchev–Trinajstić information content (AvgIpc) is 2.81. The maximum atomic E-state index is 12.6. The van der Waals surface area contributed by atoms with E-state index in [1.54, 1.807) is 7.11 Å². The molecule has 24 heavy (non-hydrogen) atoms. The van der Waals surface area contributed by atoms with Gasteiger partial charge in [0.1, 0.15) is 5.75 Å². The van der Waals surface area contributed by atoms with Crippen molar-refractivity contribution in [2.24, 2.45) is 4.99 Å². The van der Waals surface area contributed by atoms with Crippen LogP contribution in [0.15, 0.2) is 27.7 Å². The van der Waals surface area contributed by atoms with Crippen LogP contribution in [0, 0.1) is 0 Å². The van der Waals surface area contributed by atoms with Gasteiger partial charge in [0.15, 0.2) is 5.60 Å². The van der Waals surface area contributed by atoms with Crippen molar-refractivity contribution in [2.45, 2.75) is 37.4 Å². The molecule has 0 atom stereocenters. The number of carbonyl (C=O) groups excluding carboxylic acids is 1. The molecular formula is C18H24BrNO3S. The maximum absolute atomic E-state index is 12.6. The van der Waals surface area contributed by atoms with E-state index in [4.69, 9.17) is 9.47 Å². The zero-order valence-corrected chi connectivity index (χ0v) is 17.0. The molecule has 4 nitrogen and oxygen atoms in total. The number of hydrogen-bond acceptors (Lipinski definition) is 3. The Bertz CT molecular complexity index is 688. The number of halogens is 1. The highest BCUT2D eigenvalue weighted by atomic mass is 79.9. The lowest BCUT2D eigenvalue weighted by Gasteiger charge is -2.36. The minimum atomic E-state index is -1.39. The van der Waals surface area contributed by atoms with Gasteiger partial charge in [0, 0.05) is 17.1 Å². The van der Waals surface area contributed by atoms with E-state index in [-0.39, 0.29) is 11.3 Å². The minimum absolute atomic E-state index is 0.0258. The van der Waals surface area contributed by atoms with Crippen molar-refractivity contribution in [1.29, 1.82) is 0 Å². The van der Waals surface area contributed by atoms with Gasteiger partial charge in [0.25, 0.3) is 5.24 Å². The lowest BCUT2D eigenvalue weighted by molar-refractivity contribution is 0.0143. The van der Waals surface area contributed by atoms with Crippen LogP contribution in [0.3, 0.4) is 0 Å². The van der Waals surface area contributed by atoms with Crippen LogP contribution >= 0.6 is 26.0 Å². The quantitative estimate of drug-likeness (QED) is 0.665. The average molecular weight is 414 g/mol. The molecule has 1 saturated carbocycles. The second kappa shape index (κ2) is 6.46. The first-order valence-electron chi connectivity index (χ1n) is 8.08. The lowest BCUT2D eigenvalue weighted by Crippen LogP contribution is -2.45. The molecule has 3 rings (SSSR count). The van der Waals surface area contributed by atoms with Crippen LogP contribution in [0.2, 0.25) is 0 Å². The second-order valence-corrected chi connectivity index (χ2v) is 12.2. The summed E-state index contributed by atoms with van der Waals surface area (Å²) in [6.45, 7) is 0. The largest absolute Gasteiger partial charge is 0.480 e. The van der Waals surface area contributed by atoms with Crippen LogP contribution in [0.25, 0.3) is 0 Å². The van der Waals surface area contributed by atoms with Crippen molar-refractivity contribution in [3.63, 3.8) is 0 Å². The third kappa shape index (κ3) is 3.28. The fraction of sp³-hybridized carbons (Fsp3) is 0.556. The summed E-state index contributed by atoms with van der Waals surface area (Å²) in [7, 11) is 0.363. The Morgan fingerprint density at radius 2 is 2.00 bits per heavy atom. The van der Waals surface area contributed by atoms with Crippen LogP contribution < -0.4 is 4.74 Å². The van der Waals surface area contributed by atoms with E-state index in [1.165, 1.54) is 0 Å². The molecule has 1 spiro atoms. The molecule has 1 aliphatic heterocycles. The molecule has 0 unspecified atom stereocenters. The third-order valence-electron chi connectivity index (χ3n) is 4.73. The van der Waals surface area contributed by atoms with Crippen molar-refractivity contribution < 1.29 is 14.3 Å². The van der Waals surface area contributed by atoms with Gasteiger partial charge in [-0.25, -0.2) is 4.99 Å². The van der Waals surface area contributed by atoms with E-state index in [0.29, 0.717) is 0 Å². The van der Waals surface area contributed by atoms with Crippen LogP contribution in [0.4, 0.5) is 4.79 Å². The van der Waals surface area contributed by atoms with Crippen molar-refractivity contribution in [3.05, 3.63) is 28.2 Å². The Kier molecular flexibility index (Phi) is 4.84. The van der Waals surface area contributed by atoms with Crippen molar-refractivity contribution >= 4 is 36.9 Å². The molecule has 1 aromatic rings. The summed E-state index contributed by atoms with van der Waals surface area (Å²) in [6, 6.07) is 5.93. The molecule has 0 saturated heterocycles. The van der Waals surface area contributed by atoms with E-state index in [0.717, 1.165) is 47.2 Å². The molecule has 2 aliphatic rings. The highest BCUT2D eigenvalue weighted by Crippen LogP contribution is 2.46. The van der Waals surface area contributed by atoms with Gasteiger partial charge < -0.3 is 9.47 Å². The number of carbonyl (C=O) groups is 1. The Balaban J connectivity index is 2.04. The molecule has 6 heteroatoms. The third-order valence-corrected chi connectivity index (χ3v) is 6.37. The minimum Gasteiger partial charge on any atom is -0.480 e. The van der Waals surface area contributed by atoms with E-state index >= 15 is 0 Å². The smallest absolute Gasteiger partial charge is 0.287 e. The van der Waals surface area contributed by atoms with E-state index < -0.39 is 15.6 Å². The van der Waals surface area contributed by atoms with Crippen molar-refractivity contribution in [2.75, 3.05) is 25.9 Å². The molecular weight excluding hydrogens is 390 g/mol. The number of hydrogen-bond donors (Lipinski definition) is 0. The first kappa shape index (κ1) is 18.0. The monoisotopic (exact) mass is 413 g/mol. The van der Waals surface area contributed by atoms with Gasteiger partial charge in [-0.05, 0) is 62.6 Å². The van der Waals surface area contributed by atoms with Gasteiger partial charge in [-0.2, -0.15) is 10.0 Å². The summed E-state index contributed by atoms with van der Waals surface area (Å²) in [5, 5.41) is -0.0258. The predicted octanol–water partition coefficient (Wildman–Crippen LogP) is 4.77. The van der Waals surface area contributed by atoms with E-state index in [9.17, 15) is 4.79 Å². The summed E-state index contributed by atoms with van der Waals surface area (Å²) < 4.78 is 12.8. The number of ether oxygens (including phenoxy) is 2. The molecule has 0 bridgehead atoms. The van der Waals surface area contributed by atoms with Crippen molar-refractivity contribution in [3.8, 4) is 5.75 Å². The number of rotatable bonds is 1. The van der Waals surface area contributed by atoms with E-state index in [2.05, 4.69) is 20.9 Å². The Hall–Kier alpha value is -0.850. The number of nitrogens with zero attached hydrogens (tertiary/aromatic N) is 1. The molecule has 1 amide bonds. The highest BCUT2D eigenvalue weighted by molar-refractivity contribution is 9.10. The van der Waals surface area contributed by atoms with Crippen LogP contribution in [0.1, 0.15) is 31.2 Å². The molecule has 0 radical (unpaired) electrons. The van der Waals surface area contributed by atoms with Gasteiger partial charge >= 0.3 is 0 Å². The molecule has 1 fully saturated rings. The summed E-state index contributed by atoms with van der Waals surface area (Å²) in [5.41, 5.74) is 1.26. The number of benzene rings is 1. The molecule has 1 aromatic carbocycles. The number of methoxy groups -OCH3 is 1. The predicted molar refractivity (Wildman–Crippen MR) is 104 cm³/mol. The Morgan fingerprint density at radius 1 is 1.33 bits per heavy atom. The van der Waals surface area contributed by atoms with Gasteiger partial charge in [-0.3, -0.25) is 4.79 Å². The summed E-state index contributed by atoms with van der Waals surface area (Å²) >= 11 is 3.52. The molecule has 1 heterocycles. The van der Waals surface area contributed by atoms with Crippen molar-refractivity contribution in [1.82, 2.24) is 0 Å². The summed E-state index contributed by atoms with van der Waals surface area (Å²) in [6.07, 6.45) is 9.68. The van der Waals surface area contributed by atoms with Gasteiger partial charge in [-0.15, -0.1) is 0 Å². The van der Waals surface area contributed by atoms with Crippen LogP contribution in [-0.4, -0.2) is 48.5 Å². The summed E-state index contributed by atoms with van der Waals surface area (Å²) in [5.74, 6) is 0.824. The number of aliphatic imine (C=N–C) groups is 1. The van der Waals surface area contributed by atoms with Crippen LogP contribution in [0.5, 0.6) is 5.75 Å². The fourth-order valence-corrected chi connectivity index (χ4v) is 4.03. The molecule has 132 valence electrons. The number of amides is 1. The highest BCUT2D eigenvalue weighted by Gasteiger charge is 2.48. The van der Waals surface area contributed by atoms with Crippen LogP contribution in [-0.2, 0) is 4.74 Å². The normalized spacial score (nSPS) is 28.7. The fourth-order valence-electron chi connectivity index (χ4n) is 3.30. The van der Waals surface area contributed by atoms with Gasteiger partial charge in [-0.1, -0.05) is 15.9 Å². The second-order valence-electron chi connectivity index (χ2n) is 7.24. The number of fused-ring (bicyclic) bond motifs is 1. The maximum Gasteiger partial charge on any atom is 0.287 e. The Morgan fingerprint density at radius 3 is 2.58 bits per heavy atom. The molecule has 0 N–H and O–H groups in total. The Labute approximate surface area is 153 Å². The molecule has 0 aromatic heterocycles. The summed E-state index contributed by atoms with van der Waals surface area (Å²) in [4.78, 5) is 17.2. The first-order valence-corrected chi connectivity index (χ1v) is 11.7. The van der Waals surface area contributed by atoms with Gasteiger partial charge in [0.05, 0.1) is 11.8 Å². The van der Waals surface area contributed by atoms with Gasteiger partial charge in [0.2, 0.25) is 0 Å². The molecule has 1 aliphatic carbocycles.